The molecular formula is C10H18O6. The van der Waals surface area contributed by atoms with Gasteiger partial charge in [0.15, 0.2) is 0 Å². The van der Waals surface area contributed by atoms with E-state index in [9.17, 15) is 9.59 Å². The molecule has 0 amide bonds. The second kappa shape index (κ2) is 8.06. The van der Waals surface area contributed by atoms with Crippen molar-refractivity contribution in [1.29, 1.82) is 0 Å². The van der Waals surface area contributed by atoms with Gasteiger partial charge in [0.25, 0.3) is 0 Å². The maximum atomic E-state index is 11.3. The average Bonchev–Trinajstić information content (AvgIpc) is 2.32. The van der Waals surface area contributed by atoms with Gasteiger partial charge in [-0.25, -0.2) is 4.79 Å². The van der Waals surface area contributed by atoms with E-state index in [0.29, 0.717) is 12.8 Å². The Bertz CT molecular complexity index is 227. The molecule has 0 aromatic heterocycles. The van der Waals surface area contributed by atoms with E-state index in [1.165, 1.54) is 7.11 Å². The van der Waals surface area contributed by atoms with Crippen molar-refractivity contribution in [3.8, 4) is 0 Å². The van der Waals surface area contributed by atoms with Crippen LogP contribution in [0, 0.1) is 11.8 Å². The Kier molecular flexibility index (Phi) is 7.49. The van der Waals surface area contributed by atoms with Gasteiger partial charge in [-0.15, -0.1) is 0 Å². The minimum absolute atomic E-state index is 0.540. The molecule has 16 heavy (non-hydrogen) atoms. The largest absolute Gasteiger partial charge is 0.481 e. The molecule has 0 aromatic carbocycles. The third-order valence-electron chi connectivity index (χ3n) is 2.55. The van der Waals surface area contributed by atoms with Gasteiger partial charge in [0.05, 0.1) is 18.9 Å². The number of aliphatic carboxylic acids is 1. The molecule has 6 heteroatoms. The lowest BCUT2D eigenvalue weighted by Crippen LogP contribution is -2.33. The van der Waals surface area contributed by atoms with Gasteiger partial charge in [-0.3, -0.25) is 9.68 Å². The molecule has 0 heterocycles. The third-order valence-corrected chi connectivity index (χ3v) is 2.55. The lowest BCUT2D eigenvalue weighted by molar-refractivity contribution is -0.261. The van der Waals surface area contributed by atoms with Gasteiger partial charge in [-0.2, -0.15) is 4.89 Å². The zero-order valence-corrected chi connectivity index (χ0v) is 9.51. The molecule has 6 nitrogen and oxygen atoms in total. The molecule has 94 valence electrons. The maximum Gasteiger partial charge on any atom is 0.346 e. The number of aliphatic hydroxyl groups excluding tert-OH is 1. The lowest BCUT2D eigenvalue weighted by atomic mass is 9.79. The highest BCUT2D eigenvalue weighted by atomic mass is 17.2. The van der Waals surface area contributed by atoms with Crippen molar-refractivity contribution >= 4 is 11.9 Å². The molecule has 0 bridgehead atoms. The molecule has 1 saturated carbocycles. The normalized spacial score (nSPS) is 23.9. The first kappa shape index (κ1) is 14.9. The van der Waals surface area contributed by atoms with Crippen molar-refractivity contribution in [1.82, 2.24) is 0 Å². The van der Waals surface area contributed by atoms with E-state index in [2.05, 4.69) is 9.78 Å². The molecule has 2 unspecified atom stereocenters. The predicted octanol–water partition coefficient (Wildman–Crippen LogP) is 0.590. The number of carboxylic acid groups (broad SMARTS) is 1. The first-order valence-corrected chi connectivity index (χ1v) is 5.09. The lowest BCUT2D eigenvalue weighted by Gasteiger charge is -2.25. The molecule has 1 aliphatic carbocycles. The molecular weight excluding hydrogens is 216 g/mol. The van der Waals surface area contributed by atoms with Gasteiger partial charge in [0, 0.05) is 7.11 Å². The molecule has 1 aliphatic rings. The highest BCUT2D eigenvalue weighted by Gasteiger charge is 2.37. The molecule has 2 atom stereocenters. The summed E-state index contributed by atoms with van der Waals surface area (Å²) in [6.07, 6.45) is 2.83. The molecule has 0 aliphatic heterocycles. The number of hydrogen-bond acceptors (Lipinski definition) is 5. The van der Waals surface area contributed by atoms with Crippen molar-refractivity contribution in [2.24, 2.45) is 11.8 Å². The fraction of sp³-hybridized carbons (Fsp3) is 0.800. The zero-order chi connectivity index (χ0) is 12.6. The average molecular weight is 234 g/mol. The van der Waals surface area contributed by atoms with Crippen molar-refractivity contribution in [2.75, 3.05) is 14.2 Å². The van der Waals surface area contributed by atoms with Crippen molar-refractivity contribution in [2.45, 2.75) is 25.7 Å². The quantitative estimate of drug-likeness (QED) is 0.548. The first-order chi connectivity index (χ1) is 7.66. The fourth-order valence-corrected chi connectivity index (χ4v) is 1.85. The van der Waals surface area contributed by atoms with E-state index >= 15 is 0 Å². The molecule has 0 aromatic rings. The standard InChI is InChI=1S/C9H14O5.CH4O/c1-13-14-9(12)7-5-3-2-4-6(7)8(10)11;1-2/h6-7H,2-5H2,1H3,(H,10,11);2H,1H3. The summed E-state index contributed by atoms with van der Waals surface area (Å²) < 4.78 is 0. The Hall–Kier alpha value is -1.14. The summed E-state index contributed by atoms with van der Waals surface area (Å²) in [4.78, 5) is 30.7. The van der Waals surface area contributed by atoms with Gasteiger partial charge in [-0.05, 0) is 12.8 Å². The topological polar surface area (TPSA) is 93.1 Å². The summed E-state index contributed by atoms with van der Waals surface area (Å²) >= 11 is 0. The van der Waals surface area contributed by atoms with E-state index in [1.807, 2.05) is 0 Å². The van der Waals surface area contributed by atoms with Crippen LogP contribution in [0.4, 0.5) is 0 Å². The van der Waals surface area contributed by atoms with E-state index in [0.717, 1.165) is 20.0 Å². The molecule has 1 rings (SSSR count). The number of carbonyl (C=O) groups is 2. The summed E-state index contributed by atoms with van der Waals surface area (Å²) in [7, 11) is 2.23. The predicted molar refractivity (Wildman–Crippen MR) is 54.3 cm³/mol. The van der Waals surface area contributed by atoms with E-state index in [1.54, 1.807) is 0 Å². The second-order valence-electron chi connectivity index (χ2n) is 3.40. The summed E-state index contributed by atoms with van der Waals surface area (Å²) in [5.74, 6) is -2.67. The van der Waals surface area contributed by atoms with Crippen LogP contribution >= 0.6 is 0 Å². The second-order valence-corrected chi connectivity index (χ2v) is 3.40. The van der Waals surface area contributed by atoms with Crippen LogP contribution in [-0.4, -0.2) is 36.4 Å². The van der Waals surface area contributed by atoms with E-state index < -0.39 is 23.8 Å². The van der Waals surface area contributed by atoms with Crippen molar-refractivity contribution in [3.63, 3.8) is 0 Å². The number of rotatable bonds is 3. The maximum absolute atomic E-state index is 11.3. The summed E-state index contributed by atoms with van der Waals surface area (Å²) in [6, 6.07) is 0. The van der Waals surface area contributed by atoms with Crippen LogP contribution < -0.4 is 0 Å². The summed E-state index contributed by atoms with van der Waals surface area (Å²) in [6.45, 7) is 0. The van der Waals surface area contributed by atoms with E-state index in [-0.39, 0.29) is 0 Å². The minimum Gasteiger partial charge on any atom is -0.481 e. The van der Waals surface area contributed by atoms with E-state index in [4.69, 9.17) is 10.2 Å². The van der Waals surface area contributed by atoms with Gasteiger partial charge >= 0.3 is 11.9 Å². The Morgan fingerprint density at radius 2 is 1.62 bits per heavy atom. The van der Waals surface area contributed by atoms with Crippen LogP contribution in [0.1, 0.15) is 25.7 Å². The highest BCUT2D eigenvalue weighted by Crippen LogP contribution is 2.31. The van der Waals surface area contributed by atoms with Gasteiger partial charge in [-0.1, -0.05) is 12.8 Å². The fourth-order valence-electron chi connectivity index (χ4n) is 1.85. The highest BCUT2D eigenvalue weighted by molar-refractivity contribution is 5.81. The van der Waals surface area contributed by atoms with Crippen molar-refractivity contribution < 1.29 is 29.6 Å². The third kappa shape index (κ3) is 4.16. The van der Waals surface area contributed by atoms with Crippen LogP contribution in [0.2, 0.25) is 0 Å². The minimum atomic E-state index is -0.928. The number of carboxylic acids is 1. The van der Waals surface area contributed by atoms with Crippen LogP contribution in [0.3, 0.4) is 0 Å². The Morgan fingerprint density at radius 1 is 1.12 bits per heavy atom. The zero-order valence-electron chi connectivity index (χ0n) is 9.51. The summed E-state index contributed by atoms with van der Waals surface area (Å²) in [5, 5.41) is 15.9. The summed E-state index contributed by atoms with van der Waals surface area (Å²) in [5.41, 5.74) is 0. The van der Waals surface area contributed by atoms with Crippen LogP contribution in [0.15, 0.2) is 0 Å². The SMILES string of the molecule is CO.COOC(=O)C1CCCCC1C(=O)O. The number of carbonyl (C=O) groups excluding carboxylic acids is 1. The molecule has 0 radical (unpaired) electrons. The van der Waals surface area contributed by atoms with Gasteiger partial charge in [0.1, 0.15) is 0 Å². The molecule has 2 N–H and O–H groups in total. The molecule has 0 saturated heterocycles. The van der Waals surface area contributed by atoms with Crippen molar-refractivity contribution in [3.05, 3.63) is 0 Å². The molecule has 0 spiro atoms. The van der Waals surface area contributed by atoms with Gasteiger partial charge in [0.2, 0.25) is 0 Å². The van der Waals surface area contributed by atoms with Crippen LogP contribution in [0.5, 0.6) is 0 Å². The monoisotopic (exact) mass is 234 g/mol. The molecule has 1 fully saturated rings. The van der Waals surface area contributed by atoms with Crippen LogP contribution in [0.25, 0.3) is 0 Å². The first-order valence-electron chi connectivity index (χ1n) is 5.09. The number of hydrogen-bond donors (Lipinski definition) is 2. The van der Waals surface area contributed by atoms with Crippen LogP contribution in [-0.2, 0) is 19.4 Å². The number of aliphatic hydroxyl groups is 1. The Labute approximate surface area is 94.1 Å². The Morgan fingerprint density at radius 3 is 2.06 bits per heavy atom. The Balaban J connectivity index is 0.00000106. The van der Waals surface area contributed by atoms with Gasteiger partial charge < -0.3 is 10.2 Å². The smallest absolute Gasteiger partial charge is 0.346 e.